The number of benzene rings is 1. The molecule has 0 saturated heterocycles. The van der Waals surface area contributed by atoms with Gasteiger partial charge in [-0.2, -0.15) is 0 Å². The van der Waals surface area contributed by atoms with Crippen molar-refractivity contribution in [2.24, 2.45) is 5.92 Å². The van der Waals surface area contributed by atoms with E-state index in [2.05, 4.69) is 10.6 Å². The summed E-state index contributed by atoms with van der Waals surface area (Å²) in [6.45, 7) is 7.63. The maximum Gasteiger partial charge on any atom is 0.251 e. The number of carbonyl (C=O) groups is 2. The van der Waals surface area contributed by atoms with Crippen molar-refractivity contribution in [3.63, 3.8) is 0 Å². The molecule has 0 aliphatic carbocycles. The van der Waals surface area contributed by atoms with Crippen LogP contribution in [0.4, 0.5) is 4.39 Å². The van der Waals surface area contributed by atoms with Gasteiger partial charge in [0.15, 0.2) is 0 Å². The van der Waals surface area contributed by atoms with Crippen LogP contribution >= 0.6 is 0 Å². The van der Waals surface area contributed by atoms with Crippen LogP contribution in [0.25, 0.3) is 0 Å². The molecule has 0 saturated carbocycles. The highest BCUT2D eigenvalue weighted by Gasteiger charge is 2.25. The average molecular weight is 294 g/mol. The van der Waals surface area contributed by atoms with Crippen molar-refractivity contribution in [1.82, 2.24) is 10.6 Å². The lowest BCUT2D eigenvalue weighted by Crippen LogP contribution is -2.51. The summed E-state index contributed by atoms with van der Waals surface area (Å²) < 4.78 is 12.9. The van der Waals surface area contributed by atoms with E-state index in [0.29, 0.717) is 5.56 Å². The molecule has 4 nitrogen and oxygen atoms in total. The molecule has 2 atom stereocenters. The quantitative estimate of drug-likeness (QED) is 0.847. The SMILES string of the molecule is CCC(C)NC(=O)C(NC(=O)c1ccc(F)cc1)C(C)C. The predicted molar refractivity (Wildman–Crippen MR) is 80.4 cm³/mol. The molecule has 1 aromatic rings. The smallest absolute Gasteiger partial charge is 0.251 e. The lowest BCUT2D eigenvalue weighted by atomic mass is 10.0. The molecule has 2 unspecified atom stereocenters. The van der Waals surface area contributed by atoms with Crippen molar-refractivity contribution in [3.8, 4) is 0 Å². The van der Waals surface area contributed by atoms with Crippen molar-refractivity contribution in [3.05, 3.63) is 35.6 Å². The first-order valence-corrected chi connectivity index (χ1v) is 7.22. The number of amides is 2. The van der Waals surface area contributed by atoms with Crippen LogP contribution in [0.2, 0.25) is 0 Å². The minimum absolute atomic E-state index is 0.0431. The molecule has 0 fully saturated rings. The third-order valence-electron chi connectivity index (χ3n) is 3.34. The first-order valence-electron chi connectivity index (χ1n) is 7.22. The first-order chi connectivity index (χ1) is 9.85. The average Bonchev–Trinajstić information content (AvgIpc) is 2.44. The summed E-state index contributed by atoms with van der Waals surface area (Å²) in [5, 5.41) is 5.57. The minimum atomic E-state index is -0.614. The van der Waals surface area contributed by atoms with Crippen LogP contribution in [0.3, 0.4) is 0 Å². The number of hydrogen-bond acceptors (Lipinski definition) is 2. The van der Waals surface area contributed by atoms with Gasteiger partial charge in [-0.25, -0.2) is 4.39 Å². The van der Waals surface area contributed by atoms with Gasteiger partial charge >= 0.3 is 0 Å². The Labute approximate surface area is 125 Å². The Morgan fingerprint density at radius 3 is 2.14 bits per heavy atom. The first kappa shape index (κ1) is 17.1. The van der Waals surface area contributed by atoms with Crippen molar-refractivity contribution in [1.29, 1.82) is 0 Å². The van der Waals surface area contributed by atoms with Crippen LogP contribution in [-0.2, 0) is 4.79 Å². The van der Waals surface area contributed by atoms with E-state index in [-0.39, 0.29) is 23.8 Å². The van der Waals surface area contributed by atoms with E-state index in [4.69, 9.17) is 0 Å². The Kier molecular flexibility index (Phi) is 6.34. The van der Waals surface area contributed by atoms with Gasteiger partial charge in [-0.15, -0.1) is 0 Å². The van der Waals surface area contributed by atoms with E-state index in [1.807, 2.05) is 27.7 Å². The van der Waals surface area contributed by atoms with Crippen molar-refractivity contribution in [2.75, 3.05) is 0 Å². The zero-order chi connectivity index (χ0) is 16.0. The van der Waals surface area contributed by atoms with E-state index in [9.17, 15) is 14.0 Å². The topological polar surface area (TPSA) is 58.2 Å². The zero-order valence-corrected chi connectivity index (χ0v) is 12.9. The van der Waals surface area contributed by atoms with Crippen molar-refractivity contribution >= 4 is 11.8 Å². The Bertz CT molecular complexity index is 486. The molecule has 0 bridgehead atoms. The van der Waals surface area contributed by atoms with E-state index in [1.54, 1.807) is 0 Å². The summed E-state index contributed by atoms with van der Waals surface area (Å²) in [4.78, 5) is 24.3. The zero-order valence-electron chi connectivity index (χ0n) is 12.9. The third kappa shape index (κ3) is 5.17. The Morgan fingerprint density at radius 1 is 1.10 bits per heavy atom. The number of carbonyl (C=O) groups excluding carboxylic acids is 2. The summed E-state index contributed by atoms with van der Waals surface area (Å²) in [6, 6.07) is 4.68. The van der Waals surface area contributed by atoms with E-state index < -0.39 is 11.9 Å². The number of hydrogen-bond donors (Lipinski definition) is 2. The van der Waals surface area contributed by atoms with Gasteiger partial charge < -0.3 is 10.6 Å². The van der Waals surface area contributed by atoms with Crippen LogP contribution in [0, 0.1) is 11.7 Å². The Morgan fingerprint density at radius 2 is 1.67 bits per heavy atom. The van der Waals surface area contributed by atoms with E-state index in [1.165, 1.54) is 24.3 Å². The van der Waals surface area contributed by atoms with Crippen LogP contribution in [0.1, 0.15) is 44.5 Å². The summed E-state index contributed by atoms with van der Waals surface area (Å²) in [7, 11) is 0. The number of halogens is 1. The highest BCUT2D eigenvalue weighted by Crippen LogP contribution is 2.07. The molecule has 5 heteroatoms. The second kappa shape index (κ2) is 7.76. The fourth-order valence-electron chi connectivity index (χ4n) is 1.80. The summed E-state index contributed by atoms with van der Waals surface area (Å²) >= 11 is 0. The fourth-order valence-corrected chi connectivity index (χ4v) is 1.80. The molecule has 1 aromatic carbocycles. The number of rotatable bonds is 6. The van der Waals surface area contributed by atoms with Crippen molar-refractivity contribution < 1.29 is 14.0 Å². The molecule has 0 spiro atoms. The highest BCUT2D eigenvalue weighted by atomic mass is 19.1. The lowest BCUT2D eigenvalue weighted by Gasteiger charge is -2.23. The third-order valence-corrected chi connectivity index (χ3v) is 3.34. The molecular weight excluding hydrogens is 271 g/mol. The summed E-state index contributed by atoms with van der Waals surface area (Å²) in [5.74, 6) is -1.03. The molecule has 116 valence electrons. The minimum Gasteiger partial charge on any atom is -0.352 e. The maximum atomic E-state index is 12.9. The monoisotopic (exact) mass is 294 g/mol. The van der Waals surface area contributed by atoms with Gasteiger partial charge in [-0.3, -0.25) is 9.59 Å². The molecular formula is C16H23FN2O2. The largest absolute Gasteiger partial charge is 0.352 e. The summed E-state index contributed by atoms with van der Waals surface area (Å²) in [5.41, 5.74) is 0.332. The van der Waals surface area contributed by atoms with Gasteiger partial charge in [-0.1, -0.05) is 20.8 Å². The maximum absolute atomic E-state index is 12.9. The molecule has 0 aliphatic rings. The molecule has 2 N–H and O–H groups in total. The second-order valence-electron chi connectivity index (χ2n) is 5.52. The van der Waals surface area contributed by atoms with Crippen LogP contribution < -0.4 is 10.6 Å². The lowest BCUT2D eigenvalue weighted by molar-refractivity contribution is -0.124. The molecule has 1 rings (SSSR count). The molecule has 0 heterocycles. The second-order valence-corrected chi connectivity index (χ2v) is 5.52. The molecule has 0 aromatic heterocycles. The predicted octanol–water partition coefficient (Wildman–Crippen LogP) is 2.49. The van der Waals surface area contributed by atoms with Crippen molar-refractivity contribution in [2.45, 2.75) is 46.2 Å². The number of nitrogens with one attached hydrogen (secondary N) is 2. The summed E-state index contributed by atoms with van der Waals surface area (Å²) in [6.07, 6.45) is 0.822. The van der Waals surface area contributed by atoms with Gasteiger partial charge in [0.2, 0.25) is 5.91 Å². The molecule has 2 amide bonds. The van der Waals surface area contributed by atoms with Gasteiger partial charge in [0.1, 0.15) is 11.9 Å². The van der Waals surface area contributed by atoms with Gasteiger partial charge in [-0.05, 0) is 43.5 Å². The Balaban J connectivity index is 2.76. The molecule has 21 heavy (non-hydrogen) atoms. The highest BCUT2D eigenvalue weighted by molar-refractivity contribution is 5.97. The van der Waals surface area contributed by atoms with Gasteiger partial charge in [0.05, 0.1) is 0 Å². The fraction of sp³-hybridized carbons (Fsp3) is 0.500. The van der Waals surface area contributed by atoms with E-state index >= 15 is 0 Å². The van der Waals surface area contributed by atoms with E-state index in [0.717, 1.165) is 6.42 Å². The Hall–Kier alpha value is -1.91. The standard InChI is InChI=1S/C16H23FN2O2/c1-5-11(4)18-16(21)14(10(2)3)19-15(20)12-6-8-13(17)9-7-12/h6-11,14H,5H2,1-4H3,(H,18,21)(H,19,20). The molecule has 0 radical (unpaired) electrons. The van der Waals surface area contributed by atoms with Gasteiger partial charge in [0, 0.05) is 11.6 Å². The molecule has 0 aliphatic heterocycles. The van der Waals surface area contributed by atoms with Crippen LogP contribution in [0.5, 0.6) is 0 Å². The van der Waals surface area contributed by atoms with Crippen LogP contribution in [0.15, 0.2) is 24.3 Å². The van der Waals surface area contributed by atoms with Gasteiger partial charge in [0.25, 0.3) is 5.91 Å². The van der Waals surface area contributed by atoms with Crippen LogP contribution in [-0.4, -0.2) is 23.9 Å². The normalized spacial score (nSPS) is 13.6.